The normalized spacial score (nSPS) is 10.0. The number of nitro groups is 1. The molecule has 0 spiro atoms. The van der Waals surface area contributed by atoms with Crippen molar-refractivity contribution in [3.63, 3.8) is 0 Å². The van der Waals surface area contributed by atoms with Gasteiger partial charge in [-0.15, -0.1) is 0 Å². The van der Waals surface area contributed by atoms with Crippen LogP contribution in [0.5, 0.6) is 0 Å². The highest BCUT2D eigenvalue weighted by atomic mass is 16.6. The van der Waals surface area contributed by atoms with Crippen LogP contribution in [0.15, 0.2) is 42.5 Å². The van der Waals surface area contributed by atoms with Crippen LogP contribution in [0.2, 0.25) is 0 Å². The molecule has 0 heterocycles. The number of hydrogen-bond acceptors (Lipinski definition) is 3. The summed E-state index contributed by atoms with van der Waals surface area (Å²) in [6.45, 7) is 3.57. The van der Waals surface area contributed by atoms with E-state index < -0.39 is 11.0 Å². The van der Waals surface area contributed by atoms with Crippen LogP contribution in [0.4, 0.5) is 21.9 Å². The molecular formula is C15H15N3O3. The van der Waals surface area contributed by atoms with Crippen molar-refractivity contribution < 1.29 is 9.72 Å². The molecule has 2 aromatic carbocycles. The van der Waals surface area contributed by atoms with Crippen molar-refractivity contribution in [2.24, 2.45) is 0 Å². The van der Waals surface area contributed by atoms with Gasteiger partial charge in [0.25, 0.3) is 5.69 Å². The Kier molecular flexibility index (Phi) is 4.18. The van der Waals surface area contributed by atoms with Crippen LogP contribution in [-0.2, 0) is 0 Å². The van der Waals surface area contributed by atoms with E-state index in [9.17, 15) is 14.9 Å². The van der Waals surface area contributed by atoms with Gasteiger partial charge in [0.15, 0.2) is 0 Å². The zero-order valence-corrected chi connectivity index (χ0v) is 11.7. The van der Waals surface area contributed by atoms with Gasteiger partial charge in [-0.3, -0.25) is 10.1 Å². The second kappa shape index (κ2) is 6.04. The number of nitro benzene ring substituents is 1. The van der Waals surface area contributed by atoms with E-state index in [0.29, 0.717) is 16.9 Å². The molecule has 2 amide bonds. The van der Waals surface area contributed by atoms with Gasteiger partial charge in [0.1, 0.15) is 0 Å². The molecule has 0 aliphatic rings. The second-order valence-electron chi connectivity index (χ2n) is 4.71. The van der Waals surface area contributed by atoms with E-state index in [4.69, 9.17) is 0 Å². The molecule has 21 heavy (non-hydrogen) atoms. The van der Waals surface area contributed by atoms with Gasteiger partial charge in [-0.1, -0.05) is 18.2 Å². The zero-order chi connectivity index (χ0) is 15.4. The number of carbonyl (C=O) groups excluding carboxylic acids is 1. The number of benzene rings is 2. The van der Waals surface area contributed by atoms with Crippen molar-refractivity contribution in [3.8, 4) is 0 Å². The lowest BCUT2D eigenvalue weighted by atomic mass is 10.2. The third-order valence-electron chi connectivity index (χ3n) is 2.94. The standard InChI is InChI=1S/C15H15N3O3/c1-10-4-3-5-12(8-10)16-15(19)17-13-7-6-11(2)14(9-13)18(20)21/h3-9H,1-2H3,(H2,16,17,19). The number of nitrogens with zero attached hydrogens (tertiary/aromatic N) is 1. The van der Waals surface area contributed by atoms with Crippen LogP contribution in [0.25, 0.3) is 0 Å². The van der Waals surface area contributed by atoms with E-state index in [1.807, 2.05) is 25.1 Å². The molecular weight excluding hydrogens is 270 g/mol. The number of rotatable bonds is 3. The molecule has 0 aliphatic carbocycles. The smallest absolute Gasteiger partial charge is 0.308 e. The predicted octanol–water partition coefficient (Wildman–Crippen LogP) is 3.86. The molecule has 0 aromatic heterocycles. The van der Waals surface area contributed by atoms with Crippen LogP contribution in [0.3, 0.4) is 0 Å². The van der Waals surface area contributed by atoms with E-state index in [-0.39, 0.29) is 5.69 Å². The monoisotopic (exact) mass is 285 g/mol. The summed E-state index contributed by atoms with van der Waals surface area (Å²) in [5.74, 6) is 0. The van der Waals surface area contributed by atoms with E-state index in [0.717, 1.165) is 5.56 Å². The fourth-order valence-corrected chi connectivity index (χ4v) is 1.90. The largest absolute Gasteiger partial charge is 0.323 e. The van der Waals surface area contributed by atoms with E-state index >= 15 is 0 Å². The van der Waals surface area contributed by atoms with Crippen molar-refractivity contribution >= 4 is 23.1 Å². The Hall–Kier alpha value is -2.89. The summed E-state index contributed by atoms with van der Waals surface area (Å²) in [6.07, 6.45) is 0. The number of aryl methyl sites for hydroxylation is 2. The molecule has 0 saturated heterocycles. The van der Waals surface area contributed by atoms with Crippen molar-refractivity contribution in [2.75, 3.05) is 10.6 Å². The summed E-state index contributed by atoms with van der Waals surface area (Å²) in [4.78, 5) is 22.3. The minimum Gasteiger partial charge on any atom is -0.308 e. The highest BCUT2D eigenvalue weighted by Gasteiger charge is 2.12. The van der Waals surface area contributed by atoms with Crippen LogP contribution >= 0.6 is 0 Å². The number of anilines is 2. The van der Waals surface area contributed by atoms with Crippen LogP contribution in [0, 0.1) is 24.0 Å². The molecule has 6 heteroatoms. The minimum absolute atomic E-state index is 0.0247. The molecule has 0 bridgehead atoms. The fraction of sp³-hybridized carbons (Fsp3) is 0.133. The lowest BCUT2D eigenvalue weighted by Crippen LogP contribution is -2.19. The first-order chi connectivity index (χ1) is 9.95. The first kappa shape index (κ1) is 14.5. The molecule has 108 valence electrons. The third kappa shape index (κ3) is 3.79. The molecule has 6 nitrogen and oxygen atoms in total. The molecule has 0 fully saturated rings. The Bertz CT molecular complexity index is 698. The maximum atomic E-state index is 11.9. The highest BCUT2D eigenvalue weighted by molar-refractivity contribution is 6.00. The Morgan fingerprint density at radius 3 is 2.33 bits per heavy atom. The average molecular weight is 285 g/mol. The van der Waals surface area contributed by atoms with Gasteiger partial charge in [0, 0.05) is 23.0 Å². The maximum absolute atomic E-state index is 11.9. The first-order valence-corrected chi connectivity index (χ1v) is 6.35. The van der Waals surface area contributed by atoms with Crippen LogP contribution < -0.4 is 10.6 Å². The molecule has 2 N–H and O–H groups in total. The molecule has 0 saturated carbocycles. The molecule has 0 atom stereocenters. The molecule has 2 rings (SSSR count). The summed E-state index contributed by atoms with van der Waals surface area (Å²) in [5, 5.41) is 16.1. The first-order valence-electron chi connectivity index (χ1n) is 6.35. The molecule has 2 aromatic rings. The lowest BCUT2D eigenvalue weighted by Gasteiger charge is -2.08. The molecule has 0 radical (unpaired) electrons. The second-order valence-corrected chi connectivity index (χ2v) is 4.71. The van der Waals surface area contributed by atoms with Gasteiger partial charge in [0.2, 0.25) is 0 Å². The summed E-state index contributed by atoms with van der Waals surface area (Å²) >= 11 is 0. The summed E-state index contributed by atoms with van der Waals surface area (Å²) in [5.41, 5.74) is 2.58. The fourth-order valence-electron chi connectivity index (χ4n) is 1.90. The van der Waals surface area contributed by atoms with E-state index in [2.05, 4.69) is 10.6 Å². The van der Waals surface area contributed by atoms with Crippen molar-refractivity contribution in [1.82, 2.24) is 0 Å². The molecule has 0 aliphatic heterocycles. The van der Waals surface area contributed by atoms with Gasteiger partial charge >= 0.3 is 6.03 Å². The van der Waals surface area contributed by atoms with Gasteiger partial charge in [-0.25, -0.2) is 4.79 Å². The number of carbonyl (C=O) groups is 1. The summed E-state index contributed by atoms with van der Waals surface area (Å²) in [7, 11) is 0. The Morgan fingerprint density at radius 1 is 1.05 bits per heavy atom. The van der Waals surface area contributed by atoms with Crippen molar-refractivity contribution in [1.29, 1.82) is 0 Å². The summed E-state index contributed by atoms with van der Waals surface area (Å²) < 4.78 is 0. The Morgan fingerprint density at radius 2 is 1.71 bits per heavy atom. The zero-order valence-electron chi connectivity index (χ0n) is 11.7. The quantitative estimate of drug-likeness (QED) is 0.663. The highest BCUT2D eigenvalue weighted by Crippen LogP contribution is 2.22. The topological polar surface area (TPSA) is 84.3 Å². The Labute approximate surface area is 121 Å². The number of urea groups is 1. The van der Waals surface area contributed by atoms with Gasteiger partial charge in [0.05, 0.1) is 4.92 Å². The third-order valence-corrected chi connectivity index (χ3v) is 2.94. The van der Waals surface area contributed by atoms with Crippen molar-refractivity contribution in [3.05, 3.63) is 63.7 Å². The SMILES string of the molecule is Cc1cccc(NC(=O)Nc2ccc(C)c([N+](=O)[O-])c2)c1. The maximum Gasteiger partial charge on any atom is 0.323 e. The predicted molar refractivity (Wildman–Crippen MR) is 81.7 cm³/mol. The van der Waals surface area contributed by atoms with Gasteiger partial charge < -0.3 is 10.6 Å². The van der Waals surface area contributed by atoms with Crippen molar-refractivity contribution in [2.45, 2.75) is 13.8 Å². The average Bonchev–Trinajstić information content (AvgIpc) is 2.40. The van der Waals surface area contributed by atoms with Crippen LogP contribution in [0.1, 0.15) is 11.1 Å². The van der Waals surface area contributed by atoms with Gasteiger partial charge in [-0.05, 0) is 37.6 Å². The lowest BCUT2D eigenvalue weighted by molar-refractivity contribution is -0.385. The van der Waals surface area contributed by atoms with Crippen LogP contribution in [-0.4, -0.2) is 11.0 Å². The summed E-state index contributed by atoms with van der Waals surface area (Å²) in [6, 6.07) is 11.5. The minimum atomic E-state index is -0.473. The Balaban J connectivity index is 2.09. The number of nitrogens with one attached hydrogen (secondary N) is 2. The molecule has 0 unspecified atom stereocenters. The van der Waals surface area contributed by atoms with E-state index in [1.165, 1.54) is 6.07 Å². The van der Waals surface area contributed by atoms with E-state index in [1.54, 1.807) is 25.1 Å². The number of hydrogen-bond donors (Lipinski definition) is 2. The number of amides is 2. The van der Waals surface area contributed by atoms with Gasteiger partial charge in [-0.2, -0.15) is 0 Å².